The van der Waals surface area contributed by atoms with Crippen molar-refractivity contribution in [2.24, 2.45) is 17.7 Å². The van der Waals surface area contributed by atoms with Crippen molar-refractivity contribution in [2.75, 3.05) is 5.88 Å². The van der Waals surface area contributed by atoms with Crippen molar-refractivity contribution >= 4 is 11.6 Å². The van der Waals surface area contributed by atoms with Gasteiger partial charge in [0.05, 0.1) is 0 Å². The summed E-state index contributed by atoms with van der Waals surface area (Å²) in [6.07, 6.45) is -37.0. The molecule has 0 radical (unpaired) electrons. The maximum atomic E-state index is 8.99. The molecular formula is C15H27Cl. The number of rotatable bonds is 4. The standard InChI is InChI=1S/C15H27Cl/c16-12-11-15(13-7-3-1-4-8-13)14-9-5-2-6-10-14/h13-15H,1-12H2/i1D2,2D2,3D2,4D2,5D2,6D2,7D,8D2,9D,10D2,13D,14D. The second-order valence-electron chi connectivity index (χ2n) is 3.27. The first kappa shape index (κ1) is 2.74. The van der Waals surface area contributed by atoms with E-state index < -0.39 is 93.8 Å². The Bertz CT molecular complexity index is 814. The zero-order valence-electron chi connectivity index (χ0n) is 28.5. The maximum absolute atomic E-state index is 8.99. The Labute approximate surface area is 134 Å². The molecule has 2 fully saturated rings. The largest absolute Gasteiger partial charge is 0.127 e. The van der Waals surface area contributed by atoms with Crippen molar-refractivity contribution < 1.29 is 27.4 Å². The quantitative estimate of drug-likeness (QED) is 0.596. The van der Waals surface area contributed by atoms with E-state index in [0.29, 0.717) is 0 Å². The molecule has 2 saturated carbocycles. The summed E-state index contributed by atoms with van der Waals surface area (Å²) >= 11 is 5.78. The van der Waals surface area contributed by atoms with Crippen LogP contribution in [0.5, 0.6) is 0 Å². The van der Waals surface area contributed by atoms with E-state index in [-0.39, 0.29) is 0 Å². The van der Waals surface area contributed by atoms with Gasteiger partial charge < -0.3 is 0 Å². The monoisotopic (exact) mass is 262 g/mol. The lowest BCUT2D eigenvalue weighted by molar-refractivity contribution is 0.140. The van der Waals surface area contributed by atoms with E-state index in [2.05, 4.69) is 0 Å². The minimum Gasteiger partial charge on any atom is -0.127 e. The number of alkyl halides is 1. The summed E-state index contributed by atoms with van der Waals surface area (Å²) in [5.41, 5.74) is 0. The maximum Gasteiger partial charge on any atom is 0.0306 e. The molecule has 4 atom stereocenters. The van der Waals surface area contributed by atoms with Crippen LogP contribution in [0.25, 0.3) is 0 Å². The highest BCUT2D eigenvalue weighted by Gasteiger charge is 2.30. The molecule has 0 spiro atoms. The van der Waals surface area contributed by atoms with Gasteiger partial charge in [-0.25, -0.2) is 0 Å². The molecule has 0 heterocycles. The van der Waals surface area contributed by atoms with Crippen LogP contribution in [0.4, 0.5) is 0 Å². The first-order valence-corrected chi connectivity index (χ1v) is 5.44. The van der Waals surface area contributed by atoms with Crippen LogP contribution < -0.4 is 0 Å². The highest BCUT2D eigenvalue weighted by Crippen LogP contribution is 2.41. The molecule has 0 N–H and O–H groups in total. The van der Waals surface area contributed by atoms with Gasteiger partial charge in [-0.15, -0.1) is 11.6 Å². The number of hydrogen-bond acceptors (Lipinski definition) is 0. The molecule has 0 aromatic carbocycles. The van der Waals surface area contributed by atoms with Crippen molar-refractivity contribution in [3.8, 4) is 0 Å². The van der Waals surface area contributed by atoms with E-state index in [4.69, 9.17) is 39.0 Å². The van der Waals surface area contributed by atoms with E-state index in [1.54, 1.807) is 0 Å². The molecule has 0 bridgehead atoms. The van der Waals surface area contributed by atoms with Crippen LogP contribution in [0.3, 0.4) is 0 Å². The summed E-state index contributed by atoms with van der Waals surface area (Å²) in [5.74, 6) is -10.5. The Hall–Kier alpha value is 0.290. The van der Waals surface area contributed by atoms with E-state index in [0.717, 1.165) is 0 Å². The summed E-state index contributed by atoms with van der Waals surface area (Å²) < 4.78 is 165. The van der Waals surface area contributed by atoms with Crippen molar-refractivity contribution in [2.45, 2.75) is 70.2 Å². The van der Waals surface area contributed by atoms with Crippen LogP contribution in [0, 0.1) is 17.7 Å². The molecule has 0 amide bonds. The van der Waals surface area contributed by atoms with E-state index in [1.807, 2.05) is 0 Å². The Morgan fingerprint density at radius 2 is 1.56 bits per heavy atom. The highest BCUT2D eigenvalue weighted by molar-refractivity contribution is 6.17. The summed E-state index contributed by atoms with van der Waals surface area (Å²) in [6.45, 7) is 0. The molecule has 2 aliphatic carbocycles. The third-order valence-electron chi connectivity index (χ3n) is 2.29. The molecule has 4 unspecified atom stereocenters. The fourth-order valence-corrected chi connectivity index (χ4v) is 1.76. The lowest BCUT2D eigenvalue weighted by Crippen LogP contribution is -2.27. The van der Waals surface area contributed by atoms with E-state index in [9.17, 15) is 0 Å². The molecule has 2 aliphatic rings. The van der Waals surface area contributed by atoms with Gasteiger partial charge in [-0.3, -0.25) is 0 Å². The molecule has 94 valence electrons. The number of hydrogen-bond donors (Lipinski definition) is 0. The Balaban J connectivity index is 3.06. The zero-order valence-corrected chi connectivity index (χ0v) is 9.28. The molecule has 16 heavy (non-hydrogen) atoms. The lowest BCUT2D eigenvalue weighted by atomic mass is 9.69. The zero-order chi connectivity index (χ0) is 29.1. The van der Waals surface area contributed by atoms with E-state index >= 15 is 0 Å². The molecule has 0 aromatic rings. The average Bonchev–Trinajstić information content (AvgIpc) is 2.72. The highest BCUT2D eigenvalue weighted by atomic mass is 35.5. The second-order valence-corrected chi connectivity index (χ2v) is 3.65. The van der Waals surface area contributed by atoms with Gasteiger partial charge in [0.15, 0.2) is 0 Å². The number of halogens is 1. The molecule has 2 rings (SSSR count). The van der Waals surface area contributed by atoms with Gasteiger partial charge in [0.25, 0.3) is 0 Å². The van der Waals surface area contributed by atoms with Gasteiger partial charge in [-0.05, 0) is 24.1 Å². The molecule has 0 aliphatic heterocycles. The predicted octanol–water partition coefficient (Wildman–Crippen LogP) is 5.39. The Morgan fingerprint density at radius 1 is 1.00 bits per heavy atom. The van der Waals surface area contributed by atoms with Gasteiger partial charge >= 0.3 is 0 Å². The normalized spacial score (nSPS) is 95.6. The first-order chi connectivity index (χ1) is 15.5. The van der Waals surface area contributed by atoms with Gasteiger partial charge in [-0.2, -0.15) is 0 Å². The third-order valence-corrected chi connectivity index (χ3v) is 2.51. The minimum atomic E-state index is -3.89. The minimum absolute atomic E-state index is 0.685. The molecule has 0 nitrogen and oxygen atoms in total. The third kappa shape index (κ3) is 3.39. The molecule has 1 heteroatoms. The van der Waals surface area contributed by atoms with Gasteiger partial charge in [0, 0.05) is 33.3 Å². The summed E-state index contributed by atoms with van der Waals surface area (Å²) in [7, 11) is 0. The summed E-state index contributed by atoms with van der Waals surface area (Å²) in [5, 5.41) is 0. The van der Waals surface area contributed by atoms with Gasteiger partial charge in [-0.1, -0.05) is 63.8 Å². The SMILES string of the molecule is [2H]C1C([2H])([2H])C([2H])([2H])C([2H])([2H])C([2H])([2H])C1([2H])C(CCCl)C1([2H])C([2H])C([2H])([2H])C([2H])([2H])C([2H])([2H])C1([2H])[2H]. The van der Waals surface area contributed by atoms with Crippen LogP contribution in [-0.4, -0.2) is 5.88 Å². The summed E-state index contributed by atoms with van der Waals surface area (Å²) in [6, 6.07) is 0. The van der Waals surface area contributed by atoms with E-state index in [1.165, 1.54) is 0 Å². The van der Waals surface area contributed by atoms with Crippen molar-refractivity contribution in [1.29, 1.82) is 0 Å². The van der Waals surface area contributed by atoms with Crippen molar-refractivity contribution in [3.05, 3.63) is 0 Å². The lowest BCUT2D eigenvalue weighted by Gasteiger charge is -2.37. The smallest absolute Gasteiger partial charge is 0.0306 e. The topological polar surface area (TPSA) is 0 Å². The average molecular weight is 263 g/mol. The van der Waals surface area contributed by atoms with Crippen LogP contribution in [0.1, 0.15) is 97.6 Å². The molecule has 0 saturated heterocycles. The van der Waals surface area contributed by atoms with Crippen molar-refractivity contribution in [3.63, 3.8) is 0 Å². The van der Waals surface area contributed by atoms with Crippen LogP contribution in [-0.2, 0) is 0 Å². The second kappa shape index (κ2) is 6.89. The van der Waals surface area contributed by atoms with Crippen LogP contribution in [0.2, 0.25) is 0 Å². The van der Waals surface area contributed by atoms with Gasteiger partial charge in [0.1, 0.15) is 0 Å². The Kier molecular flexibility index (Phi) is 1.18. The molecular weight excluding hydrogens is 216 g/mol. The first-order valence-electron chi connectivity index (χ1n) is 15.1. The molecule has 0 aromatic heterocycles. The Morgan fingerprint density at radius 3 is 2.06 bits per heavy atom. The summed E-state index contributed by atoms with van der Waals surface area (Å²) in [4.78, 5) is 0. The van der Waals surface area contributed by atoms with Crippen LogP contribution >= 0.6 is 11.6 Å². The van der Waals surface area contributed by atoms with Crippen LogP contribution in [0.15, 0.2) is 0 Å². The van der Waals surface area contributed by atoms with Crippen molar-refractivity contribution in [1.82, 2.24) is 0 Å². The fourth-order valence-electron chi connectivity index (χ4n) is 1.54. The predicted molar refractivity (Wildman–Crippen MR) is 72.0 cm³/mol. The fraction of sp³-hybridized carbons (Fsp3) is 1.00. The van der Waals surface area contributed by atoms with Gasteiger partial charge in [0.2, 0.25) is 0 Å².